The molecular weight excluding hydrogens is 568 g/mol. The van der Waals surface area contributed by atoms with E-state index in [4.69, 9.17) is 18.9 Å². The number of esters is 1. The van der Waals surface area contributed by atoms with Crippen LogP contribution in [0.5, 0.6) is 0 Å². The molecule has 0 spiro atoms. The molecule has 0 radical (unpaired) electrons. The van der Waals surface area contributed by atoms with Gasteiger partial charge in [0.2, 0.25) is 0 Å². The summed E-state index contributed by atoms with van der Waals surface area (Å²) in [6.07, 6.45) is 5.48. The summed E-state index contributed by atoms with van der Waals surface area (Å²) in [4.78, 5) is 46.9. The second-order valence-corrected chi connectivity index (χ2v) is 15.0. The van der Waals surface area contributed by atoms with E-state index in [1.54, 1.807) is 0 Å². The largest absolute Gasteiger partial charge is 0.748 e. The maximum Gasteiger partial charge on any atom is 0.305 e. The predicted molar refractivity (Wildman–Crippen MR) is 147 cm³/mol. The van der Waals surface area contributed by atoms with Gasteiger partial charge in [-0.05, 0) is 92.8 Å². The number of rotatable bonds is 14. The molecule has 0 amide bonds. The van der Waals surface area contributed by atoms with Gasteiger partial charge in [0, 0.05) is 23.5 Å². The maximum absolute atomic E-state index is 12.4. The number of ether oxygens (including phenoxy) is 4. The van der Waals surface area contributed by atoms with Gasteiger partial charge in [-0.2, -0.15) is 0 Å². The van der Waals surface area contributed by atoms with Gasteiger partial charge in [-0.1, -0.05) is 20.8 Å². The minimum Gasteiger partial charge on any atom is -0.748 e. The molecule has 4 aliphatic carbocycles. The summed E-state index contributed by atoms with van der Waals surface area (Å²) in [5, 5.41) is 0. The van der Waals surface area contributed by atoms with Gasteiger partial charge in [0.05, 0.1) is 16.7 Å². The fourth-order valence-electron chi connectivity index (χ4n) is 9.79. The molecule has 12 heteroatoms. The lowest BCUT2D eigenvalue weighted by Gasteiger charge is -2.64. The first-order valence-electron chi connectivity index (χ1n) is 15.3. The van der Waals surface area contributed by atoms with Crippen LogP contribution in [-0.2, 0) is 48.2 Å². The third kappa shape index (κ3) is 6.49. The van der Waals surface area contributed by atoms with Crippen molar-refractivity contribution in [2.75, 3.05) is 12.4 Å². The zero-order valence-corrected chi connectivity index (χ0v) is 25.6. The van der Waals surface area contributed by atoms with Crippen molar-refractivity contribution in [3.63, 3.8) is 0 Å². The van der Waals surface area contributed by atoms with Crippen molar-refractivity contribution in [3.05, 3.63) is 0 Å². The number of carbonyl (C=O) groups excluding carboxylic acids is 4. The molecule has 0 aromatic carbocycles. The van der Waals surface area contributed by atoms with Crippen molar-refractivity contribution < 1.29 is 51.1 Å². The monoisotopic (exact) mass is 613 g/mol. The zero-order valence-electron chi connectivity index (χ0n) is 24.8. The first kappa shape index (κ1) is 32.7. The summed E-state index contributed by atoms with van der Waals surface area (Å²) in [6.45, 7) is 8.09. The lowest BCUT2D eigenvalue weighted by molar-refractivity contribution is -0.218. The maximum atomic E-state index is 12.4. The second kappa shape index (κ2) is 13.2. The molecule has 0 saturated heterocycles. The highest BCUT2D eigenvalue weighted by atomic mass is 32.2. The first-order valence-corrected chi connectivity index (χ1v) is 16.8. The summed E-state index contributed by atoms with van der Waals surface area (Å²) in [7, 11) is -4.34. The minimum absolute atomic E-state index is 0.0304. The van der Waals surface area contributed by atoms with Gasteiger partial charge in [0.25, 0.3) is 19.4 Å². The van der Waals surface area contributed by atoms with Gasteiger partial charge >= 0.3 is 5.97 Å². The number of fused-ring (bicyclic) bond motifs is 5. The highest BCUT2D eigenvalue weighted by Gasteiger charge is 2.67. The van der Waals surface area contributed by atoms with Gasteiger partial charge in [-0.25, -0.2) is 8.42 Å². The van der Waals surface area contributed by atoms with E-state index in [1.165, 1.54) is 0 Å². The summed E-state index contributed by atoms with van der Waals surface area (Å²) in [6, 6.07) is 0. The fourth-order valence-corrected chi connectivity index (χ4v) is 10.3. The van der Waals surface area contributed by atoms with E-state index in [0.29, 0.717) is 38.7 Å². The van der Waals surface area contributed by atoms with Crippen LogP contribution in [0, 0.1) is 46.3 Å². The van der Waals surface area contributed by atoms with E-state index < -0.39 is 21.8 Å². The minimum atomic E-state index is -4.34. The quantitative estimate of drug-likeness (QED) is 0.0928. The molecule has 0 aliphatic heterocycles. The Balaban J connectivity index is 1.51. The molecule has 4 rings (SSSR count). The molecule has 11 atom stereocenters. The molecule has 0 heterocycles. The zero-order chi connectivity index (χ0) is 30.7. The van der Waals surface area contributed by atoms with E-state index in [2.05, 4.69) is 20.8 Å². The van der Waals surface area contributed by atoms with Crippen LogP contribution in [0.2, 0.25) is 0 Å². The Labute approximate surface area is 248 Å². The Bertz CT molecular complexity index is 1090. The Morgan fingerprint density at radius 1 is 0.976 bits per heavy atom. The van der Waals surface area contributed by atoms with Crippen LogP contribution in [0.1, 0.15) is 85.0 Å². The second-order valence-electron chi connectivity index (χ2n) is 13.5. The lowest BCUT2D eigenvalue weighted by atomic mass is 9.43. The molecule has 0 aromatic rings. The van der Waals surface area contributed by atoms with Crippen LogP contribution >= 0.6 is 0 Å². The van der Waals surface area contributed by atoms with Crippen LogP contribution < -0.4 is 0 Å². The predicted octanol–water partition coefficient (Wildman–Crippen LogP) is 3.38. The van der Waals surface area contributed by atoms with Gasteiger partial charge in [0.15, 0.2) is 0 Å². The molecule has 11 nitrogen and oxygen atoms in total. The van der Waals surface area contributed by atoms with Crippen LogP contribution in [0.4, 0.5) is 0 Å². The van der Waals surface area contributed by atoms with E-state index in [0.717, 1.165) is 32.1 Å². The van der Waals surface area contributed by atoms with Gasteiger partial charge in [-0.3, -0.25) is 19.2 Å². The van der Waals surface area contributed by atoms with Crippen LogP contribution in [-0.4, -0.2) is 69.0 Å². The van der Waals surface area contributed by atoms with Gasteiger partial charge < -0.3 is 23.5 Å². The average molecular weight is 614 g/mol. The number of hydrogen-bond acceptors (Lipinski definition) is 11. The van der Waals surface area contributed by atoms with E-state index in [9.17, 15) is 32.1 Å². The van der Waals surface area contributed by atoms with Gasteiger partial charge in [-0.15, -0.1) is 0 Å². The molecular formula is C30H45O11S-. The van der Waals surface area contributed by atoms with E-state index >= 15 is 0 Å². The highest BCUT2D eigenvalue weighted by Crippen LogP contribution is 2.69. The normalized spacial score (nSPS) is 39.9. The third-order valence-electron chi connectivity index (χ3n) is 11.7. The third-order valence-corrected chi connectivity index (χ3v) is 12.5. The average Bonchev–Trinajstić information content (AvgIpc) is 3.29. The lowest BCUT2D eigenvalue weighted by Crippen LogP contribution is -2.63. The Hall–Kier alpha value is -2.21. The number of carbonyl (C=O) groups is 4. The SMILES string of the molecule is C[C@H](CCC(=O)OCCCS(=O)(=O)[O-])[C@H]1CC[C@H]2[C@@H]3C(OC=O)CC4CC(OC=O)CC[C@]4(C)[C@H]3CC(OC=O)[C@]12C. The Kier molecular flexibility index (Phi) is 10.3. The molecule has 4 saturated carbocycles. The molecule has 4 unspecified atom stereocenters. The van der Waals surface area contributed by atoms with Crippen molar-refractivity contribution >= 4 is 35.5 Å². The van der Waals surface area contributed by atoms with Crippen LogP contribution in [0.15, 0.2) is 0 Å². The molecule has 0 aromatic heterocycles. The Morgan fingerprint density at radius 3 is 2.36 bits per heavy atom. The Morgan fingerprint density at radius 2 is 1.69 bits per heavy atom. The first-order chi connectivity index (χ1) is 19.9. The van der Waals surface area contributed by atoms with Crippen molar-refractivity contribution in [2.45, 2.75) is 103 Å². The van der Waals surface area contributed by atoms with E-state index in [-0.39, 0.29) is 84.1 Å². The van der Waals surface area contributed by atoms with Crippen LogP contribution in [0.3, 0.4) is 0 Å². The molecule has 0 N–H and O–H groups in total. The summed E-state index contributed by atoms with van der Waals surface area (Å²) >= 11 is 0. The van der Waals surface area contributed by atoms with Crippen molar-refractivity contribution in [1.29, 1.82) is 0 Å². The van der Waals surface area contributed by atoms with Crippen molar-refractivity contribution in [2.24, 2.45) is 46.3 Å². The van der Waals surface area contributed by atoms with E-state index in [1.807, 2.05) is 0 Å². The molecule has 238 valence electrons. The van der Waals surface area contributed by atoms with Gasteiger partial charge in [0.1, 0.15) is 18.3 Å². The fraction of sp³-hybridized carbons (Fsp3) is 0.867. The number of hydrogen-bond donors (Lipinski definition) is 0. The summed E-state index contributed by atoms with van der Waals surface area (Å²) in [5.41, 5.74) is -0.444. The topological polar surface area (TPSA) is 162 Å². The molecule has 42 heavy (non-hydrogen) atoms. The smallest absolute Gasteiger partial charge is 0.305 e. The highest BCUT2D eigenvalue weighted by molar-refractivity contribution is 7.85. The molecule has 0 bridgehead atoms. The summed E-state index contributed by atoms with van der Waals surface area (Å²) in [5.74, 6) is -0.0992. The molecule has 4 fully saturated rings. The van der Waals surface area contributed by atoms with Crippen molar-refractivity contribution in [1.82, 2.24) is 0 Å². The van der Waals surface area contributed by atoms with Crippen LogP contribution in [0.25, 0.3) is 0 Å². The van der Waals surface area contributed by atoms with Crippen molar-refractivity contribution in [3.8, 4) is 0 Å². The summed E-state index contributed by atoms with van der Waals surface area (Å²) < 4.78 is 54.5. The standard InChI is InChI=1S/C30H46O11S/c1-19(5-8-27(34)38-11-4-12-42(35,36)37)22-6-7-23-28-24(15-26(41-18-33)30(22,23)3)29(2)10-9-21(39-16-31)13-20(29)14-25(28)40-17-32/h16-26,28H,4-15H2,1-3H3,(H,35,36,37)/p-1/t19-,20?,21?,22-,23+,24+,25?,26?,28+,29+,30-/m1/s1. The molecule has 4 aliphatic rings.